The summed E-state index contributed by atoms with van der Waals surface area (Å²) in [6.45, 7) is 0. The summed E-state index contributed by atoms with van der Waals surface area (Å²) in [4.78, 5) is 0. The molecular weight excluding hydrogens is 378 g/mol. The van der Waals surface area contributed by atoms with Crippen LogP contribution >= 0.6 is 0 Å². The van der Waals surface area contributed by atoms with E-state index < -0.39 is 20.8 Å². The van der Waals surface area contributed by atoms with Crippen molar-refractivity contribution in [3.8, 4) is 0 Å². The number of hydrogen-bond acceptors (Lipinski definition) is 8. The van der Waals surface area contributed by atoms with Gasteiger partial charge in [-0.05, 0) is 0 Å². The van der Waals surface area contributed by atoms with Crippen LogP contribution in [0.2, 0.25) is 0 Å². The molecule has 0 fully saturated rings. The van der Waals surface area contributed by atoms with E-state index in [9.17, 15) is 0 Å². The van der Waals surface area contributed by atoms with Gasteiger partial charge in [-0.15, -0.1) is 0 Å². The second-order valence-electron chi connectivity index (χ2n) is 0.816. The predicted octanol–water partition coefficient (Wildman–Crippen LogP) is -3.95. The maximum Gasteiger partial charge on any atom is 3.00 e. The van der Waals surface area contributed by atoms with Crippen molar-refractivity contribution in [1.29, 1.82) is 0 Å². The third-order valence-electron chi connectivity index (χ3n) is 0. The molecule has 0 saturated carbocycles. The molecule has 14 heavy (non-hydrogen) atoms. The van der Waals surface area contributed by atoms with Crippen LogP contribution in [0.15, 0.2) is 0 Å². The Labute approximate surface area is 114 Å². The topological polar surface area (TPSA) is 260 Å². The quantitative estimate of drug-likeness (QED) is 0.316. The second-order valence-corrected chi connectivity index (χ2v) is 2.45. The summed E-state index contributed by atoms with van der Waals surface area (Å²) in [5.41, 5.74) is 0. The van der Waals surface area contributed by atoms with Gasteiger partial charge in [0.2, 0.25) is 0 Å². The first kappa shape index (κ1) is 36.3. The van der Waals surface area contributed by atoms with Gasteiger partial charge in [-0.3, -0.25) is 16.8 Å². The first-order valence-corrected chi connectivity index (χ1v) is 4.00. The maximum atomic E-state index is 8.52. The molecule has 14 heteroatoms. The molecule has 0 rings (SSSR count). The molecule has 11 nitrogen and oxygen atoms in total. The molecule has 0 unspecified atom stereocenters. The molecule has 0 aromatic carbocycles. The zero-order chi connectivity index (χ0) is 9.00. The molecule has 89 valence electrons. The Bertz CT molecular complexity index is 214. The van der Waals surface area contributed by atoms with E-state index in [-0.39, 0.29) is 58.9 Å². The Morgan fingerprint density at radius 1 is 0.643 bits per heavy atom. The van der Waals surface area contributed by atoms with E-state index in [1.54, 1.807) is 0 Å². The fraction of sp³-hybridized carbons (Fsp3) is 0. The zero-order valence-corrected chi connectivity index (χ0v) is 11.4. The Kier molecular flexibility index (Phi) is 36.3. The van der Waals surface area contributed by atoms with E-state index in [4.69, 9.17) is 35.0 Å². The van der Waals surface area contributed by atoms with E-state index in [1.807, 2.05) is 0 Å². The molecule has 0 saturated heterocycles. The molecule has 0 aliphatic rings. The molecule has 0 amide bonds. The first-order chi connectivity index (χ1) is 4.00. The largest absolute Gasteiger partial charge is 3.00 e. The summed E-state index contributed by atoms with van der Waals surface area (Å²) < 4.78 is 68.2. The van der Waals surface area contributed by atoms with Crippen molar-refractivity contribution in [1.82, 2.24) is 6.15 Å². The van der Waals surface area contributed by atoms with Crippen LogP contribution in [0.5, 0.6) is 0 Å². The molecular formula is H8CeNO10S2. The van der Waals surface area contributed by atoms with Gasteiger partial charge in [0, 0.05) is 20.8 Å². The molecule has 0 aliphatic carbocycles. The van der Waals surface area contributed by atoms with E-state index >= 15 is 0 Å². The van der Waals surface area contributed by atoms with Gasteiger partial charge in [-0.25, -0.2) is 0 Å². The van der Waals surface area contributed by atoms with Gasteiger partial charge in [-0.2, -0.15) is 0 Å². The van der Waals surface area contributed by atoms with E-state index in [1.165, 1.54) is 0 Å². The first-order valence-electron chi connectivity index (χ1n) is 1.33. The van der Waals surface area contributed by atoms with Gasteiger partial charge in [0.1, 0.15) is 0 Å². The molecule has 1 radical (unpaired) electrons. The van der Waals surface area contributed by atoms with Crippen molar-refractivity contribution in [2.45, 2.75) is 0 Å². The molecule has 0 aromatic heterocycles. The summed E-state index contributed by atoms with van der Waals surface area (Å²) in [5.74, 6) is 0. The van der Waals surface area contributed by atoms with Crippen LogP contribution in [-0.2, 0) is 20.8 Å². The fourth-order valence-corrected chi connectivity index (χ4v) is 0. The average Bonchev–Trinajstić information content (AvgIpc) is 1.12. The molecule has 0 bridgehead atoms. The van der Waals surface area contributed by atoms with E-state index in [0.29, 0.717) is 0 Å². The van der Waals surface area contributed by atoms with E-state index in [2.05, 4.69) is 0 Å². The Morgan fingerprint density at radius 3 is 0.643 bits per heavy atom. The van der Waals surface area contributed by atoms with Gasteiger partial charge in [-0.1, -0.05) is 0 Å². The maximum absolute atomic E-state index is 8.52. The Hall–Kier alpha value is 0.997. The molecule has 0 heterocycles. The smallest absolute Gasteiger partial charge is 0.759 e. The van der Waals surface area contributed by atoms with Crippen molar-refractivity contribution in [3.05, 3.63) is 0 Å². The molecule has 0 atom stereocenters. The predicted molar refractivity (Wildman–Crippen MR) is 34.2 cm³/mol. The third-order valence-corrected chi connectivity index (χ3v) is 0. The van der Waals surface area contributed by atoms with Crippen molar-refractivity contribution < 1.29 is 87.7 Å². The standard InChI is InChI=1S/Ce.H3N.2H2O4S.2H2O/c;;2*1-5(2,3)4;;/h;1H3;2*(H2,1,2,3,4);2*1H2/q+3;;;;;/p-3. The molecule has 0 aliphatic heterocycles. The summed E-state index contributed by atoms with van der Waals surface area (Å²) in [6, 6.07) is 0. The molecule has 0 aromatic rings. The fourth-order valence-electron chi connectivity index (χ4n) is 0. The van der Waals surface area contributed by atoms with Crippen LogP contribution in [-0.4, -0.2) is 46.0 Å². The van der Waals surface area contributed by atoms with Crippen molar-refractivity contribution >= 4 is 20.8 Å². The van der Waals surface area contributed by atoms with Gasteiger partial charge in [0.05, 0.1) is 0 Å². The minimum absolute atomic E-state index is 0. The van der Waals surface area contributed by atoms with Crippen molar-refractivity contribution in [2.75, 3.05) is 0 Å². The van der Waals surface area contributed by atoms with Gasteiger partial charge in [0.25, 0.3) is 0 Å². The second kappa shape index (κ2) is 14.0. The average molecular weight is 386 g/mol. The van der Waals surface area contributed by atoms with Crippen molar-refractivity contribution in [3.63, 3.8) is 0 Å². The van der Waals surface area contributed by atoms with Crippen molar-refractivity contribution in [2.24, 2.45) is 0 Å². The molecule has 0 spiro atoms. The van der Waals surface area contributed by atoms with E-state index in [0.717, 1.165) is 0 Å². The third kappa shape index (κ3) is 1880. The van der Waals surface area contributed by atoms with Crippen LogP contribution in [0.4, 0.5) is 0 Å². The SMILES string of the molecule is O.O.O=S(=O)([O-])[O-].O=S(=O)([O-])[O-].[Ce+3].[NH4+]. The monoisotopic (exact) mass is 386 g/mol. The minimum atomic E-state index is -5.17. The summed E-state index contributed by atoms with van der Waals surface area (Å²) in [5, 5.41) is 0. The summed E-state index contributed by atoms with van der Waals surface area (Å²) in [7, 11) is -10.3. The van der Waals surface area contributed by atoms with Crippen LogP contribution in [0.1, 0.15) is 0 Å². The number of rotatable bonds is 0. The summed E-state index contributed by atoms with van der Waals surface area (Å²) >= 11 is 0. The van der Waals surface area contributed by atoms with Crippen LogP contribution < -0.4 is 6.15 Å². The van der Waals surface area contributed by atoms with Gasteiger partial charge >= 0.3 is 41.7 Å². The van der Waals surface area contributed by atoms with Crippen LogP contribution in [0, 0.1) is 41.7 Å². The zero-order valence-electron chi connectivity index (χ0n) is 6.58. The van der Waals surface area contributed by atoms with Crippen LogP contribution in [0.3, 0.4) is 0 Å². The Balaban J connectivity index is -0.0000000178. The number of quaternary nitrogens is 1. The molecule has 8 N–H and O–H groups in total. The summed E-state index contributed by atoms with van der Waals surface area (Å²) in [6.07, 6.45) is 0. The minimum Gasteiger partial charge on any atom is -0.759 e. The number of hydrogen-bond donors (Lipinski definition) is 1. The van der Waals surface area contributed by atoms with Gasteiger partial charge < -0.3 is 35.3 Å². The van der Waals surface area contributed by atoms with Crippen LogP contribution in [0.25, 0.3) is 0 Å². The Morgan fingerprint density at radius 2 is 0.643 bits per heavy atom. The normalized spacial score (nSPS) is 8.29. The van der Waals surface area contributed by atoms with Gasteiger partial charge in [0.15, 0.2) is 0 Å².